The Kier molecular flexibility index (Phi) is 8.85. The second-order valence-corrected chi connectivity index (χ2v) is 6.56. The maximum Gasteiger partial charge on any atom is 0.123 e. The predicted molar refractivity (Wildman–Crippen MR) is 101 cm³/mol. The number of ether oxygens (including phenoxy) is 2. The number of aliphatic hydroxyl groups is 1. The van der Waals surface area contributed by atoms with Crippen LogP contribution in [0.15, 0.2) is 48.5 Å². The molecule has 1 atom stereocenters. The molecule has 0 fully saturated rings. The molecular weight excluding hydrogens is 357 g/mol. The van der Waals surface area contributed by atoms with Crippen molar-refractivity contribution in [3.63, 3.8) is 0 Å². The zero-order valence-corrected chi connectivity index (χ0v) is 15.7. The van der Waals surface area contributed by atoms with Crippen molar-refractivity contribution in [3.8, 4) is 5.75 Å². The molecule has 26 heavy (non-hydrogen) atoms. The molecule has 0 amide bonds. The minimum Gasteiger partial charge on any atom is -0.491 e. The van der Waals surface area contributed by atoms with Crippen LogP contribution < -0.4 is 4.74 Å². The number of methoxy groups -OCH3 is 1. The third-order valence-electron chi connectivity index (χ3n) is 3.87. The van der Waals surface area contributed by atoms with Gasteiger partial charge in [-0.05, 0) is 48.4 Å². The van der Waals surface area contributed by atoms with E-state index in [4.69, 9.17) is 21.1 Å². The van der Waals surface area contributed by atoms with Gasteiger partial charge in [0, 0.05) is 38.4 Å². The van der Waals surface area contributed by atoms with Gasteiger partial charge < -0.3 is 14.6 Å². The van der Waals surface area contributed by atoms with Gasteiger partial charge in [-0.25, -0.2) is 4.39 Å². The largest absolute Gasteiger partial charge is 0.491 e. The molecule has 0 bridgehead atoms. The standard InChI is InChI=1S/C20H25ClFNO3/c1-25-12-2-11-23(13-16-3-7-18(22)8-4-16)14-19(24)15-26-20-9-5-17(21)6-10-20/h3-10,19,24H,2,11-15H2,1H3/t19-/m0/s1. The lowest BCUT2D eigenvalue weighted by molar-refractivity contribution is 0.0617. The first-order chi connectivity index (χ1) is 12.6. The van der Waals surface area contributed by atoms with Crippen LogP contribution in [0.1, 0.15) is 12.0 Å². The Hall–Kier alpha value is -1.66. The Morgan fingerprint density at radius 3 is 2.46 bits per heavy atom. The molecule has 0 saturated heterocycles. The monoisotopic (exact) mass is 381 g/mol. The molecule has 0 aliphatic carbocycles. The molecule has 0 radical (unpaired) electrons. The lowest BCUT2D eigenvalue weighted by atomic mass is 10.2. The van der Waals surface area contributed by atoms with Gasteiger partial charge >= 0.3 is 0 Å². The average Bonchev–Trinajstić information content (AvgIpc) is 2.63. The summed E-state index contributed by atoms with van der Waals surface area (Å²) in [7, 11) is 1.67. The van der Waals surface area contributed by atoms with Crippen LogP contribution in [0, 0.1) is 5.82 Å². The minimum absolute atomic E-state index is 0.186. The summed E-state index contributed by atoms with van der Waals surface area (Å²) < 4.78 is 23.8. The van der Waals surface area contributed by atoms with Gasteiger partial charge in [0.15, 0.2) is 0 Å². The molecule has 142 valence electrons. The van der Waals surface area contributed by atoms with Gasteiger partial charge in [-0.15, -0.1) is 0 Å². The van der Waals surface area contributed by atoms with E-state index >= 15 is 0 Å². The number of nitrogens with zero attached hydrogens (tertiary/aromatic N) is 1. The topological polar surface area (TPSA) is 41.9 Å². The first-order valence-corrected chi connectivity index (χ1v) is 8.97. The fourth-order valence-corrected chi connectivity index (χ4v) is 2.72. The molecule has 4 nitrogen and oxygen atoms in total. The van der Waals surface area contributed by atoms with Crippen LogP contribution >= 0.6 is 11.6 Å². The van der Waals surface area contributed by atoms with E-state index in [1.54, 1.807) is 43.5 Å². The summed E-state index contributed by atoms with van der Waals surface area (Å²) in [5, 5.41) is 11.0. The minimum atomic E-state index is -0.645. The molecule has 2 aromatic carbocycles. The Balaban J connectivity index is 1.86. The fraction of sp³-hybridized carbons (Fsp3) is 0.400. The number of benzene rings is 2. The summed E-state index contributed by atoms with van der Waals surface area (Å²) in [6.45, 7) is 2.68. The van der Waals surface area contributed by atoms with Crippen LogP contribution in [0.3, 0.4) is 0 Å². The van der Waals surface area contributed by atoms with Crippen molar-refractivity contribution < 1.29 is 19.0 Å². The number of hydrogen-bond acceptors (Lipinski definition) is 4. The van der Waals surface area contributed by atoms with Crippen LogP contribution in [0.25, 0.3) is 0 Å². The van der Waals surface area contributed by atoms with Crippen molar-refractivity contribution in [2.24, 2.45) is 0 Å². The van der Waals surface area contributed by atoms with E-state index in [2.05, 4.69) is 4.90 Å². The molecule has 0 aliphatic rings. The van der Waals surface area contributed by atoms with Gasteiger partial charge in [-0.3, -0.25) is 4.90 Å². The van der Waals surface area contributed by atoms with E-state index in [9.17, 15) is 9.50 Å². The Morgan fingerprint density at radius 2 is 1.81 bits per heavy atom. The summed E-state index contributed by atoms with van der Waals surface area (Å²) in [6.07, 6.45) is 0.205. The van der Waals surface area contributed by atoms with Crippen molar-refractivity contribution in [1.29, 1.82) is 0 Å². The molecule has 2 aromatic rings. The van der Waals surface area contributed by atoms with E-state index in [0.29, 0.717) is 30.5 Å². The summed E-state index contributed by atoms with van der Waals surface area (Å²) in [5.41, 5.74) is 0.995. The number of hydrogen-bond donors (Lipinski definition) is 1. The Bertz CT molecular complexity index is 637. The average molecular weight is 382 g/mol. The lowest BCUT2D eigenvalue weighted by Gasteiger charge is -2.25. The molecule has 6 heteroatoms. The number of rotatable bonds is 11. The number of aliphatic hydroxyl groups excluding tert-OH is 1. The van der Waals surface area contributed by atoms with Crippen LogP contribution in [0.4, 0.5) is 4.39 Å². The summed E-state index contributed by atoms with van der Waals surface area (Å²) >= 11 is 5.85. The zero-order chi connectivity index (χ0) is 18.8. The third-order valence-corrected chi connectivity index (χ3v) is 4.12. The molecule has 0 spiro atoms. The number of halogens is 2. The van der Waals surface area contributed by atoms with Crippen LogP contribution in [-0.4, -0.2) is 49.5 Å². The fourth-order valence-electron chi connectivity index (χ4n) is 2.59. The Labute approximate surface area is 159 Å². The van der Waals surface area contributed by atoms with Crippen molar-refractivity contribution in [2.75, 3.05) is 33.4 Å². The second kappa shape index (κ2) is 11.1. The summed E-state index contributed by atoms with van der Waals surface area (Å²) in [4.78, 5) is 2.11. The highest BCUT2D eigenvalue weighted by Crippen LogP contribution is 2.16. The van der Waals surface area contributed by atoms with Crippen LogP contribution in [0.5, 0.6) is 5.75 Å². The normalized spacial score (nSPS) is 12.3. The SMILES string of the molecule is COCCCN(Cc1ccc(F)cc1)C[C@H](O)COc1ccc(Cl)cc1. The molecule has 1 N–H and O–H groups in total. The Morgan fingerprint density at radius 1 is 1.12 bits per heavy atom. The van der Waals surface area contributed by atoms with Gasteiger partial charge in [-0.2, -0.15) is 0 Å². The van der Waals surface area contributed by atoms with Crippen molar-refractivity contribution in [2.45, 2.75) is 19.1 Å². The van der Waals surface area contributed by atoms with E-state index in [0.717, 1.165) is 18.5 Å². The van der Waals surface area contributed by atoms with Gasteiger partial charge in [0.1, 0.15) is 24.3 Å². The third kappa shape index (κ3) is 7.70. The van der Waals surface area contributed by atoms with E-state index in [1.165, 1.54) is 12.1 Å². The zero-order valence-electron chi connectivity index (χ0n) is 14.9. The van der Waals surface area contributed by atoms with Crippen LogP contribution in [0.2, 0.25) is 5.02 Å². The van der Waals surface area contributed by atoms with Gasteiger partial charge in [0.25, 0.3) is 0 Å². The first kappa shape index (κ1) is 20.6. The summed E-state index contributed by atoms with van der Waals surface area (Å²) in [6, 6.07) is 13.4. The van der Waals surface area contributed by atoms with Crippen molar-refractivity contribution in [1.82, 2.24) is 4.90 Å². The van der Waals surface area contributed by atoms with Gasteiger partial charge in [0.05, 0.1) is 0 Å². The highest BCUT2D eigenvalue weighted by atomic mass is 35.5. The molecule has 0 saturated carbocycles. The van der Waals surface area contributed by atoms with E-state index in [1.807, 2.05) is 0 Å². The molecule has 0 aromatic heterocycles. The first-order valence-electron chi connectivity index (χ1n) is 8.59. The maximum atomic E-state index is 13.1. The van der Waals surface area contributed by atoms with Crippen LogP contribution in [-0.2, 0) is 11.3 Å². The highest BCUT2D eigenvalue weighted by Gasteiger charge is 2.13. The van der Waals surface area contributed by atoms with E-state index < -0.39 is 6.10 Å². The molecule has 0 unspecified atom stereocenters. The summed E-state index contributed by atoms with van der Waals surface area (Å²) in [5.74, 6) is 0.411. The molecule has 0 heterocycles. The molecule has 0 aliphatic heterocycles. The smallest absolute Gasteiger partial charge is 0.123 e. The van der Waals surface area contributed by atoms with E-state index in [-0.39, 0.29) is 12.4 Å². The highest BCUT2D eigenvalue weighted by molar-refractivity contribution is 6.30. The van der Waals surface area contributed by atoms with Gasteiger partial charge in [0.2, 0.25) is 0 Å². The maximum absolute atomic E-state index is 13.1. The molecular formula is C20H25ClFNO3. The quantitative estimate of drug-likeness (QED) is 0.602. The molecule has 2 rings (SSSR count). The second-order valence-electron chi connectivity index (χ2n) is 6.13. The lowest BCUT2D eigenvalue weighted by Crippen LogP contribution is -2.36. The van der Waals surface area contributed by atoms with Crippen molar-refractivity contribution in [3.05, 3.63) is 64.9 Å². The van der Waals surface area contributed by atoms with Crippen molar-refractivity contribution >= 4 is 11.6 Å². The van der Waals surface area contributed by atoms with Gasteiger partial charge in [-0.1, -0.05) is 23.7 Å². The predicted octanol–water partition coefficient (Wildman–Crippen LogP) is 3.76.